The number of nitrogens with zero attached hydrogens (tertiary/aromatic N) is 1. The summed E-state index contributed by atoms with van der Waals surface area (Å²) in [5.41, 5.74) is 0.0311. The van der Waals surface area contributed by atoms with Crippen LogP contribution in [0.4, 0.5) is 5.69 Å². The Kier molecular flexibility index (Phi) is 3.56. The molecule has 0 aliphatic heterocycles. The van der Waals surface area contributed by atoms with E-state index in [1.807, 2.05) is 0 Å². The fraction of sp³-hybridized carbons (Fsp3) is 0.167. The number of aryl methyl sites for hydroxylation is 1. The summed E-state index contributed by atoms with van der Waals surface area (Å²) in [7, 11) is 0. The fourth-order valence-corrected chi connectivity index (χ4v) is 1.64. The highest BCUT2D eigenvalue weighted by Gasteiger charge is 2.11. The first-order chi connectivity index (χ1) is 9.06. The number of aromatic nitrogens is 3. The molecular formula is C12H12N4O3. The van der Waals surface area contributed by atoms with Gasteiger partial charge in [0.1, 0.15) is 0 Å². The third kappa shape index (κ3) is 3.15. The monoisotopic (exact) mass is 260 g/mol. The minimum absolute atomic E-state index is 0.118. The van der Waals surface area contributed by atoms with Crippen LogP contribution in [0.1, 0.15) is 11.3 Å². The second-order valence-electron chi connectivity index (χ2n) is 3.98. The van der Waals surface area contributed by atoms with Crippen LogP contribution in [0.5, 0.6) is 0 Å². The average molecular weight is 260 g/mol. The van der Waals surface area contributed by atoms with Gasteiger partial charge in [-0.2, -0.15) is 0 Å². The van der Waals surface area contributed by atoms with Gasteiger partial charge in [0.2, 0.25) is 5.91 Å². The minimum atomic E-state index is -0.584. The number of carbonyl (C=O) groups excluding carboxylic acids is 1. The van der Waals surface area contributed by atoms with Crippen LogP contribution in [-0.2, 0) is 11.2 Å². The Labute approximate surface area is 107 Å². The third-order valence-corrected chi connectivity index (χ3v) is 2.54. The standard InChI is InChI=1S/C12H12N4O3/c1-7-9(11(18)16-12(19)14-7)5-10(17)15-8-3-2-4-13-6-8/h2-4,6H,5H2,1H3,(H,15,17)(H2,14,16,18,19). The molecule has 0 bridgehead atoms. The Hall–Kier alpha value is -2.70. The summed E-state index contributed by atoms with van der Waals surface area (Å²) in [4.78, 5) is 42.8. The number of nitrogens with one attached hydrogen (secondary N) is 3. The van der Waals surface area contributed by atoms with Gasteiger partial charge in [-0.3, -0.25) is 19.6 Å². The molecule has 98 valence electrons. The van der Waals surface area contributed by atoms with E-state index >= 15 is 0 Å². The average Bonchev–Trinajstić information content (AvgIpc) is 2.35. The van der Waals surface area contributed by atoms with E-state index in [9.17, 15) is 14.4 Å². The highest BCUT2D eigenvalue weighted by atomic mass is 16.2. The van der Waals surface area contributed by atoms with Crippen LogP contribution >= 0.6 is 0 Å². The van der Waals surface area contributed by atoms with E-state index in [0.717, 1.165) is 0 Å². The van der Waals surface area contributed by atoms with Gasteiger partial charge in [-0.25, -0.2) is 4.79 Å². The second-order valence-corrected chi connectivity index (χ2v) is 3.98. The fourth-order valence-electron chi connectivity index (χ4n) is 1.64. The summed E-state index contributed by atoms with van der Waals surface area (Å²) >= 11 is 0. The summed E-state index contributed by atoms with van der Waals surface area (Å²) in [5, 5.41) is 2.61. The predicted molar refractivity (Wildman–Crippen MR) is 69.0 cm³/mol. The summed E-state index contributed by atoms with van der Waals surface area (Å²) in [5.74, 6) is -0.353. The molecule has 0 aromatic carbocycles. The summed E-state index contributed by atoms with van der Waals surface area (Å²) in [6.45, 7) is 1.57. The third-order valence-electron chi connectivity index (χ3n) is 2.54. The molecule has 3 N–H and O–H groups in total. The lowest BCUT2D eigenvalue weighted by Gasteiger charge is -2.05. The molecule has 2 heterocycles. The Bertz CT molecular complexity index is 703. The molecule has 0 aliphatic rings. The number of rotatable bonds is 3. The minimum Gasteiger partial charge on any atom is -0.324 e. The number of anilines is 1. The number of amides is 1. The van der Waals surface area contributed by atoms with Crippen LogP contribution in [-0.4, -0.2) is 20.9 Å². The SMILES string of the molecule is Cc1[nH]c(=O)[nH]c(=O)c1CC(=O)Nc1cccnc1. The molecule has 7 heteroatoms. The number of hydrogen-bond acceptors (Lipinski definition) is 4. The zero-order valence-corrected chi connectivity index (χ0v) is 10.2. The van der Waals surface area contributed by atoms with E-state index in [1.165, 1.54) is 6.20 Å². The number of aromatic amines is 2. The molecule has 0 spiro atoms. The molecular weight excluding hydrogens is 248 g/mol. The van der Waals surface area contributed by atoms with Crippen molar-refractivity contribution in [2.75, 3.05) is 5.32 Å². The van der Waals surface area contributed by atoms with Gasteiger partial charge in [0.05, 0.1) is 18.3 Å². The first-order valence-corrected chi connectivity index (χ1v) is 5.58. The van der Waals surface area contributed by atoms with Gasteiger partial charge in [-0.15, -0.1) is 0 Å². The largest absolute Gasteiger partial charge is 0.325 e. The zero-order chi connectivity index (χ0) is 13.8. The maximum atomic E-state index is 11.8. The molecule has 0 atom stereocenters. The quantitative estimate of drug-likeness (QED) is 0.718. The molecule has 0 saturated carbocycles. The molecule has 1 amide bonds. The predicted octanol–water partition coefficient (Wildman–Crippen LogP) is -0.0522. The molecule has 2 aromatic heterocycles. The second kappa shape index (κ2) is 5.30. The molecule has 7 nitrogen and oxygen atoms in total. The summed E-state index contributed by atoms with van der Waals surface area (Å²) in [6.07, 6.45) is 2.97. The van der Waals surface area contributed by atoms with Gasteiger partial charge in [0.15, 0.2) is 0 Å². The van der Waals surface area contributed by atoms with Crippen LogP contribution < -0.4 is 16.6 Å². The van der Waals surface area contributed by atoms with Crippen LogP contribution in [0.15, 0.2) is 34.1 Å². The van der Waals surface area contributed by atoms with Crippen molar-refractivity contribution in [1.29, 1.82) is 0 Å². The van der Waals surface area contributed by atoms with Crippen molar-refractivity contribution in [3.05, 3.63) is 56.6 Å². The molecule has 2 rings (SSSR count). The van der Waals surface area contributed by atoms with Crippen molar-refractivity contribution in [1.82, 2.24) is 15.0 Å². The Morgan fingerprint density at radius 3 is 2.79 bits per heavy atom. The van der Waals surface area contributed by atoms with E-state index in [-0.39, 0.29) is 17.9 Å². The Balaban J connectivity index is 2.16. The topological polar surface area (TPSA) is 108 Å². The van der Waals surface area contributed by atoms with E-state index in [2.05, 4.69) is 20.3 Å². The number of pyridine rings is 1. The van der Waals surface area contributed by atoms with Crippen LogP contribution in [0.3, 0.4) is 0 Å². The highest BCUT2D eigenvalue weighted by molar-refractivity contribution is 5.92. The van der Waals surface area contributed by atoms with Crippen molar-refractivity contribution in [2.45, 2.75) is 13.3 Å². The van der Waals surface area contributed by atoms with E-state index < -0.39 is 11.2 Å². The number of hydrogen-bond donors (Lipinski definition) is 3. The van der Waals surface area contributed by atoms with Crippen LogP contribution in [0.2, 0.25) is 0 Å². The van der Waals surface area contributed by atoms with Crippen LogP contribution in [0.25, 0.3) is 0 Å². The summed E-state index contributed by atoms with van der Waals surface area (Å²) < 4.78 is 0. The maximum Gasteiger partial charge on any atom is 0.325 e. The first-order valence-electron chi connectivity index (χ1n) is 5.58. The van der Waals surface area contributed by atoms with Gasteiger partial charge in [0, 0.05) is 17.5 Å². The Morgan fingerprint density at radius 1 is 1.37 bits per heavy atom. The molecule has 0 aliphatic carbocycles. The smallest absolute Gasteiger partial charge is 0.324 e. The van der Waals surface area contributed by atoms with E-state index in [0.29, 0.717) is 11.4 Å². The first kappa shape index (κ1) is 12.7. The summed E-state index contributed by atoms with van der Waals surface area (Å²) in [6, 6.07) is 3.38. The van der Waals surface area contributed by atoms with Gasteiger partial charge in [-0.1, -0.05) is 0 Å². The number of carbonyl (C=O) groups is 1. The van der Waals surface area contributed by atoms with Gasteiger partial charge >= 0.3 is 5.69 Å². The number of H-pyrrole nitrogens is 2. The highest BCUT2D eigenvalue weighted by Crippen LogP contribution is 2.04. The maximum absolute atomic E-state index is 11.8. The molecule has 0 unspecified atom stereocenters. The van der Waals surface area contributed by atoms with Crippen molar-refractivity contribution in [2.24, 2.45) is 0 Å². The lowest BCUT2D eigenvalue weighted by atomic mass is 10.1. The van der Waals surface area contributed by atoms with Crippen molar-refractivity contribution in [3.8, 4) is 0 Å². The molecule has 2 aromatic rings. The van der Waals surface area contributed by atoms with E-state index in [1.54, 1.807) is 25.3 Å². The molecule has 0 fully saturated rings. The lowest BCUT2D eigenvalue weighted by Crippen LogP contribution is -2.29. The van der Waals surface area contributed by atoms with Gasteiger partial charge in [0.25, 0.3) is 5.56 Å². The molecule has 0 radical (unpaired) electrons. The molecule has 19 heavy (non-hydrogen) atoms. The molecule has 0 saturated heterocycles. The van der Waals surface area contributed by atoms with Crippen molar-refractivity contribution < 1.29 is 4.79 Å². The van der Waals surface area contributed by atoms with Crippen LogP contribution in [0, 0.1) is 6.92 Å². The van der Waals surface area contributed by atoms with Gasteiger partial charge in [-0.05, 0) is 19.1 Å². The zero-order valence-electron chi connectivity index (χ0n) is 10.2. The Morgan fingerprint density at radius 2 is 2.16 bits per heavy atom. The van der Waals surface area contributed by atoms with Gasteiger partial charge < -0.3 is 10.3 Å². The van der Waals surface area contributed by atoms with E-state index in [4.69, 9.17) is 0 Å². The van der Waals surface area contributed by atoms with Crippen molar-refractivity contribution >= 4 is 11.6 Å². The normalized spacial score (nSPS) is 10.2. The lowest BCUT2D eigenvalue weighted by molar-refractivity contribution is -0.115. The van der Waals surface area contributed by atoms with Crippen molar-refractivity contribution in [3.63, 3.8) is 0 Å².